The molecule has 1 amide bonds. The molecule has 30 heavy (non-hydrogen) atoms. The van der Waals surface area contributed by atoms with Gasteiger partial charge in [0, 0.05) is 5.56 Å². The zero-order valence-corrected chi connectivity index (χ0v) is 17.1. The van der Waals surface area contributed by atoms with Crippen LogP contribution in [-0.4, -0.2) is 11.9 Å². The molecule has 3 aromatic carbocycles. The molecule has 3 rings (SSSR count). The number of hydrogen-bond acceptors (Lipinski definition) is 4. The summed E-state index contributed by atoms with van der Waals surface area (Å²) < 4.78 is 28.1. The van der Waals surface area contributed by atoms with Crippen LogP contribution in [0.25, 0.3) is 0 Å². The molecule has 0 aliphatic heterocycles. The van der Waals surface area contributed by atoms with Crippen molar-refractivity contribution in [3.05, 3.63) is 108 Å². The minimum absolute atomic E-state index is 0.0102. The number of nitrogens with one attached hydrogen (secondary N) is 1. The number of rotatable bonds is 8. The fourth-order valence-corrected chi connectivity index (χ4v) is 3.62. The van der Waals surface area contributed by atoms with Crippen LogP contribution in [0.4, 0.5) is 0 Å². The van der Waals surface area contributed by atoms with E-state index in [-0.39, 0.29) is 19.2 Å². The highest BCUT2D eigenvalue weighted by Gasteiger charge is 2.26. The standard InChI is InChI=1S/C22H22N3O4P/c23-22(24-21(26)20-14-8-3-9-15-20)25-30(27,28-16-18-10-4-1-5-11-18)29-17-19-12-6-2-7-13-19/h1-15H,16-17H2,(H3,23,24,25,26,27). The number of carbonyl (C=O) groups excluding carboxylic acids is 1. The van der Waals surface area contributed by atoms with Gasteiger partial charge in [0.25, 0.3) is 5.91 Å². The molecular weight excluding hydrogens is 401 g/mol. The van der Waals surface area contributed by atoms with Gasteiger partial charge in [-0.05, 0) is 23.3 Å². The summed E-state index contributed by atoms with van der Waals surface area (Å²) in [6.07, 6.45) is 0. The quantitative estimate of drug-likeness (QED) is 0.320. The van der Waals surface area contributed by atoms with Crippen molar-refractivity contribution in [2.24, 2.45) is 10.5 Å². The second kappa shape index (κ2) is 10.5. The summed E-state index contributed by atoms with van der Waals surface area (Å²) in [6.45, 7) is 0.0205. The van der Waals surface area contributed by atoms with Crippen LogP contribution >= 0.6 is 7.75 Å². The first-order valence-corrected chi connectivity index (χ1v) is 10.7. The van der Waals surface area contributed by atoms with Crippen molar-refractivity contribution in [3.8, 4) is 0 Å². The van der Waals surface area contributed by atoms with Crippen molar-refractivity contribution >= 4 is 19.6 Å². The molecule has 0 radical (unpaired) electrons. The number of hydrogen-bond donors (Lipinski definition) is 2. The highest BCUT2D eigenvalue weighted by Crippen LogP contribution is 2.51. The first kappa shape index (κ1) is 21.5. The number of nitrogens with two attached hydrogens (primary N) is 1. The van der Waals surface area contributed by atoms with E-state index in [1.54, 1.807) is 30.3 Å². The monoisotopic (exact) mass is 423 g/mol. The second-order valence-corrected chi connectivity index (χ2v) is 7.95. The lowest BCUT2D eigenvalue weighted by Crippen LogP contribution is -2.36. The topological polar surface area (TPSA) is 103 Å². The molecule has 0 unspecified atom stereocenters. The SMILES string of the molecule is N/C(=N\P(=O)(OCc1ccccc1)OCc1ccccc1)NC(=O)c1ccccc1. The Morgan fingerprint density at radius 1 is 0.800 bits per heavy atom. The molecule has 0 aliphatic rings. The van der Waals surface area contributed by atoms with E-state index < -0.39 is 13.7 Å². The zero-order valence-electron chi connectivity index (χ0n) is 16.2. The van der Waals surface area contributed by atoms with Crippen molar-refractivity contribution in [2.45, 2.75) is 13.2 Å². The van der Waals surface area contributed by atoms with Crippen molar-refractivity contribution in [3.63, 3.8) is 0 Å². The van der Waals surface area contributed by atoms with Gasteiger partial charge in [0.2, 0.25) is 5.96 Å². The summed E-state index contributed by atoms with van der Waals surface area (Å²) in [5.41, 5.74) is 7.80. The van der Waals surface area contributed by atoms with E-state index in [0.717, 1.165) is 11.1 Å². The molecule has 8 heteroatoms. The minimum atomic E-state index is -4.01. The third-order valence-corrected chi connectivity index (χ3v) is 5.35. The number of guanidine groups is 1. The predicted molar refractivity (Wildman–Crippen MR) is 116 cm³/mol. The first-order valence-electron chi connectivity index (χ1n) is 9.23. The van der Waals surface area contributed by atoms with Crippen LogP contribution in [0.1, 0.15) is 21.5 Å². The summed E-state index contributed by atoms with van der Waals surface area (Å²) >= 11 is 0. The Morgan fingerprint density at radius 2 is 1.23 bits per heavy atom. The summed E-state index contributed by atoms with van der Waals surface area (Å²) in [5, 5.41) is 2.40. The Kier molecular flexibility index (Phi) is 7.51. The van der Waals surface area contributed by atoms with Crippen LogP contribution in [0, 0.1) is 0 Å². The van der Waals surface area contributed by atoms with Crippen LogP contribution in [0.2, 0.25) is 0 Å². The predicted octanol–water partition coefficient (Wildman–Crippen LogP) is 4.27. The highest BCUT2D eigenvalue weighted by molar-refractivity contribution is 7.52. The number of carbonyl (C=O) groups is 1. The average molecular weight is 423 g/mol. The van der Waals surface area contributed by atoms with E-state index in [4.69, 9.17) is 14.8 Å². The lowest BCUT2D eigenvalue weighted by molar-refractivity contribution is 0.0976. The van der Waals surface area contributed by atoms with E-state index >= 15 is 0 Å². The maximum absolute atomic E-state index is 13.2. The molecule has 0 saturated carbocycles. The van der Waals surface area contributed by atoms with Gasteiger partial charge in [-0.25, -0.2) is 4.57 Å². The number of amides is 1. The summed E-state index contributed by atoms with van der Waals surface area (Å²) in [7, 11) is -4.01. The molecule has 0 heterocycles. The Balaban J connectivity index is 1.73. The Morgan fingerprint density at radius 3 is 1.70 bits per heavy atom. The lowest BCUT2D eigenvalue weighted by Gasteiger charge is -2.15. The van der Waals surface area contributed by atoms with Gasteiger partial charge in [-0.2, -0.15) is 0 Å². The van der Waals surface area contributed by atoms with Crippen LogP contribution < -0.4 is 11.1 Å². The zero-order chi connectivity index (χ0) is 21.2. The van der Waals surface area contributed by atoms with Crippen LogP contribution in [0.15, 0.2) is 95.8 Å². The Hall–Kier alpha value is -3.25. The molecule has 3 aromatic rings. The fourth-order valence-electron chi connectivity index (χ4n) is 2.49. The van der Waals surface area contributed by atoms with Gasteiger partial charge < -0.3 is 5.73 Å². The van der Waals surface area contributed by atoms with E-state index in [1.165, 1.54) is 0 Å². The van der Waals surface area contributed by atoms with E-state index in [2.05, 4.69) is 10.1 Å². The number of benzene rings is 3. The molecule has 0 spiro atoms. The van der Waals surface area contributed by atoms with Gasteiger partial charge in [-0.15, -0.1) is 4.76 Å². The van der Waals surface area contributed by atoms with Gasteiger partial charge in [0.1, 0.15) is 0 Å². The van der Waals surface area contributed by atoms with Crippen molar-refractivity contribution in [2.75, 3.05) is 0 Å². The van der Waals surface area contributed by atoms with Crippen LogP contribution in [0.5, 0.6) is 0 Å². The maximum atomic E-state index is 13.2. The van der Waals surface area contributed by atoms with Gasteiger partial charge in [-0.1, -0.05) is 78.9 Å². The van der Waals surface area contributed by atoms with Crippen molar-refractivity contribution in [1.82, 2.24) is 5.32 Å². The normalized spacial score (nSPS) is 11.8. The van der Waals surface area contributed by atoms with Gasteiger partial charge in [0.05, 0.1) is 13.2 Å². The summed E-state index contributed by atoms with van der Waals surface area (Å²) in [4.78, 5) is 12.3. The smallest absolute Gasteiger partial charge is 0.369 e. The third-order valence-electron chi connectivity index (χ3n) is 3.98. The molecule has 0 bridgehead atoms. The molecule has 0 fully saturated rings. The van der Waals surface area contributed by atoms with Crippen molar-refractivity contribution in [1.29, 1.82) is 0 Å². The molecule has 0 aliphatic carbocycles. The summed E-state index contributed by atoms with van der Waals surface area (Å²) in [5.74, 6) is -0.831. The molecule has 7 nitrogen and oxygen atoms in total. The van der Waals surface area contributed by atoms with Crippen LogP contribution in [0.3, 0.4) is 0 Å². The third kappa shape index (κ3) is 6.67. The van der Waals surface area contributed by atoms with Crippen molar-refractivity contribution < 1.29 is 18.4 Å². The maximum Gasteiger partial charge on any atom is 0.457 e. The second-order valence-electron chi connectivity index (χ2n) is 6.29. The highest BCUT2D eigenvalue weighted by atomic mass is 31.2. The van der Waals surface area contributed by atoms with E-state index in [9.17, 15) is 9.36 Å². The number of nitrogens with zero attached hydrogens (tertiary/aromatic N) is 1. The average Bonchev–Trinajstić information content (AvgIpc) is 2.78. The molecule has 0 aromatic heterocycles. The largest absolute Gasteiger partial charge is 0.457 e. The molecular formula is C22H22N3O4P. The van der Waals surface area contributed by atoms with Gasteiger partial charge in [0.15, 0.2) is 0 Å². The van der Waals surface area contributed by atoms with E-state index in [1.807, 2.05) is 60.7 Å². The lowest BCUT2D eigenvalue weighted by atomic mass is 10.2. The van der Waals surface area contributed by atoms with Gasteiger partial charge in [-0.3, -0.25) is 19.2 Å². The molecule has 0 saturated heterocycles. The minimum Gasteiger partial charge on any atom is -0.369 e. The van der Waals surface area contributed by atoms with Crippen LogP contribution in [-0.2, 0) is 26.8 Å². The van der Waals surface area contributed by atoms with Gasteiger partial charge >= 0.3 is 7.75 Å². The Bertz CT molecular complexity index is 981. The summed E-state index contributed by atoms with van der Waals surface area (Å²) in [6, 6.07) is 26.9. The molecule has 0 atom stereocenters. The van der Waals surface area contributed by atoms with E-state index in [0.29, 0.717) is 5.56 Å². The molecule has 3 N–H and O–H groups in total. The molecule has 154 valence electrons. The first-order chi connectivity index (χ1) is 14.5. The fraction of sp³-hybridized carbons (Fsp3) is 0.0909. The Labute approximate surface area is 175 Å².